The van der Waals surface area contributed by atoms with Crippen molar-refractivity contribution in [2.75, 3.05) is 12.4 Å². The van der Waals surface area contributed by atoms with E-state index in [1.54, 1.807) is 27.0 Å². The molecule has 152 valence electrons. The summed E-state index contributed by atoms with van der Waals surface area (Å²) in [5.41, 5.74) is 4.13. The first-order valence-corrected chi connectivity index (χ1v) is 8.88. The molecule has 0 aliphatic rings. The normalized spacial score (nSPS) is 12.6. The number of hydrogen-bond acceptors (Lipinski definition) is 5. The molecule has 3 rings (SSSR count). The third-order valence-electron chi connectivity index (χ3n) is 4.61. The lowest BCUT2D eigenvalue weighted by Crippen LogP contribution is -2.36. The first kappa shape index (κ1) is 20.5. The summed E-state index contributed by atoms with van der Waals surface area (Å²) in [5, 5.41) is 15.6. The lowest BCUT2D eigenvalue weighted by Gasteiger charge is -2.20. The van der Waals surface area contributed by atoms with E-state index < -0.39 is 18.6 Å². The summed E-state index contributed by atoms with van der Waals surface area (Å²) in [6, 6.07) is 6.62. The molecule has 2 aromatic heterocycles. The molecule has 3 aromatic rings. The fourth-order valence-electron chi connectivity index (χ4n) is 3.22. The zero-order valence-corrected chi connectivity index (χ0v) is 16.4. The number of methoxy groups -OCH3 is 1. The molecule has 0 saturated carbocycles. The molecule has 6 nitrogen and oxygen atoms in total. The number of nitriles is 1. The smallest absolute Gasteiger partial charge is 0.409 e. The van der Waals surface area contributed by atoms with Gasteiger partial charge in [-0.05, 0) is 44.0 Å². The van der Waals surface area contributed by atoms with Crippen molar-refractivity contribution in [2.45, 2.75) is 39.4 Å². The topological polar surface area (TPSA) is 75.2 Å². The molecular formula is C20H20F3N5O. The molecule has 0 bridgehead atoms. The summed E-state index contributed by atoms with van der Waals surface area (Å²) >= 11 is 0. The Morgan fingerprint density at radius 2 is 1.97 bits per heavy atom. The van der Waals surface area contributed by atoms with Crippen LogP contribution in [-0.4, -0.2) is 33.9 Å². The minimum absolute atomic E-state index is 0.130. The lowest BCUT2D eigenvalue weighted by molar-refractivity contribution is -0.141. The number of rotatable bonds is 5. The number of aryl methyl sites for hydroxylation is 3. The SMILES string of the molecule is COc1ccc(-c2c(C)nn3c(N[C@@H](CC#N)C(F)(F)F)cc(C)nc23)c(C)c1. The van der Waals surface area contributed by atoms with E-state index in [0.717, 1.165) is 16.7 Å². The van der Waals surface area contributed by atoms with Crippen molar-refractivity contribution in [1.82, 2.24) is 14.6 Å². The maximum absolute atomic E-state index is 13.3. The number of halogens is 3. The van der Waals surface area contributed by atoms with Gasteiger partial charge in [-0.15, -0.1) is 0 Å². The number of ether oxygens (including phenoxy) is 1. The first-order valence-electron chi connectivity index (χ1n) is 8.88. The predicted molar refractivity (Wildman–Crippen MR) is 103 cm³/mol. The number of alkyl halides is 3. The molecule has 0 saturated heterocycles. The molecule has 0 unspecified atom stereocenters. The number of aromatic nitrogens is 3. The highest BCUT2D eigenvalue weighted by molar-refractivity contribution is 5.83. The zero-order valence-electron chi connectivity index (χ0n) is 16.4. The van der Waals surface area contributed by atoms with E-state index in [-0.39, 0.29) is 5.82 Å². The van der Waals surface area contributed by atoms with Gasteiger partial charge < -0.3 is 10.1 Å². The second kappa shape index (κ2) is 7.62. The van der Waals surface area contributed by atoms with Crippen molar-refractivity contribution >= 4 is 11.5 Å². The maximum atomic E-state index is 13.3. The van der Waals surface area contributed by atoms with E-state index in [4.69, 9.17) is 10.00 Å². The Labute approximate surface area is 165 Å². The summed E-state index contributed by atoms with van der Waals surface area (Å²) in [5.74, 6) is 0.835. The minimum Gasteiger partial charge on any atom is -0.497 e. The van der Waals surface area contributed by atoms with Crippen LogP contribution in [0.1, 0.15) is 23.4 Å². The average Bonchev–Trinajstić information content (AvgIpc) is 2.96. The summed E-state index contributed by atoms with van der Waals surface area (Å²) < 4.78 is 46.5. The Morgan fingerprint density at radius 3 is 2.55 bits per heavy atom. The Kier molecular flexibility index (Phi) is 5.38. The third kappa shape index (κ3) is 3.97. The van der Waals surface area contributed by atoms with Crippen molar-refractivity contribution in [1.29, 1.82) is 5.26 Å². The van der Waals surface area contributed by atoms with Crippen molar-refractivity contribution in [3.63, 3.8) is 0 Å². The van der Waals surface area contributed by atoms with Gasteiger partial charge in [0, 0.05) is 17.3 Å². The molecule has 0 aliphatic heterocycles. The van der Waals surface area contributed by atoms with Crippen LogP contribution in [-0.2, 0) is 0 Å². The van der Waals surface area contributed by atoms with Crippen molar-refractivity contribution < 1.29 is 17.9 Å². The summed E-state index contributed by atoms with van der Waals surface area (Å²) in [6.07, 6.45) is -5.28. The zero-order chi connectivity index (χ0) is 21.3. The second-order valence-electron chi connectivity index (χ2n) is 6.76. The van der Waals surface area contributed by atoms with Gasteiger partial charge in [-0.1, -0.05) is 6.07 Å². The minimum atomic E-state index is -4.57. The van der Waals surface area contributed by atoms with Crippen LogP contribution in [0.4, 0.5) is 19.0 Å². The summed E-state index contributed by atoms with van der Waals surface area (Å²) in [7, 11) is 1.58. The molecule has 0 spiro atoms. The van der Waals surface area contributed by atoms with Gasteiger partial charge in [-0.2, -0.15) is 28.0 Å². The molecule has 1 aromatic carbocycles. The first-order chi connectivity index (χ1) is 13.7. The maximum Gasteiger partial charge on any atom is 0.409 e. The van der Waals surface area contributed by atoms with Gasteiger partial charge in [-0.3, -0.25) is 0 Å². The third-order valence-corrected chi connectivity index (χ3v) is 4.61. The van der Waals surface area contributed by atoms with E-state index in [2.05, 4.69) is 15.4 Å². The number of hydrogen-bond donors (Lipinski definition) is 1. The van der Waals surface area contributed by atoms with Crippen LogP contribution in [0.25, 0.3) is 16.8 Å². The monoisotopic (exact) mass is 403 g/mol. The molecular weight excluding hydrogens is 383 g/mol. The predicted octanol–water partition coefficient (Wildman–Crippen LogP) is 4.59. The summed E-state index contributed by atoms with van der Waals surface area (Å²) in [4.78, 5) is 4.52. The van der Waals surface area contributed by atoms with Crippen LogP contribution in [0.3, 0.4) is 0 Å². The molecule has 1 atom stereocenters. The highest BCUT2D eigenvalue weighted by Crippen LogP contribution is 2.34. The van der Waals surface area contributed by atoms with Gasteiger partial charge >= 0.3 is 6.18 Å². The fourth-order valence-corrected chi connectivity index (χ4v) is 3.22. The fraction of sp³-hybridized carbons (Fsp3) is 0.350. The molecule has 0 radical (unpaired) electrons. The van der Waals surface area contributed by atoms with Crippen LogP contribution in [0.15, 0.2) is 24.3 Å². The van der Waals surface area contributed by atoms with Crippen molar-refractivity contribution in [2.24, 2.45) is 0 Å². The molecule has 2 heterocycles. The number of nitrogens with zero attached hydrogens (tertiary/aromatic N) is 4. The van der Waals surface area contributed by atoms with Crippen LogP contribution in [0.2, 0.25) is 0 Å². The average molecular weight is 403 g/mol. The van der Waals surface area contributed by atoms with E-state index in [0.29, 0.717) is 22.8 Å². The highest BCUT2D eigenvalue weighted by atomic mass is 19.4. The van der Waals surface area contributed by atoms with Gasteiger partial charge in [0.05, 0.1) is 25.3 Å². The molecule has 1 N–H and O–H groups in total. The Bertz CT molecular complexity index is 1100. The van der Waals surface area contributed by atoms with Gasteiger partial charge in [0.2, 0.25) is 0 Å². The van der Waals surface area contributed by atoms with E-state index in [9.17, 15) is 13.2 Å². The Morgan fingerprint density at radius 1 is 1.24 bits per heavy atom. The lowest BCUT2D eigenvalue weighted by atomic mass is 10.0. The van der Waals surface area contributed by atoms with E-state index in [1.165, 1.54) is 10.6 Å². The largest absolute Gasteiger partial charge is 0.497 e. The quantitative estimate of drug-likeness (QED) is 0.675. The molecule has 0 aliphatic carbocycles. The number of anilines is 1. The Hall–Kier alpha value is -3.28. The summed E-state index contributed by atoms with van der Waals surface area (Å²) in [6.45, 7) is 5.40. The van der Waals surface area contributed by atoms with Gasteiger partial charge in [-0.25, -0.2) is 4.98 Å². The number of fused-ring (bicyclic) bond motifs is 1. The standard InChI is InChI=1S/C20H20F3N5O/c1-11-9-14(29-4)5-6-15(11)18-13(3)27-28-17(10-12(2)25-19(18)28)26-16(7-8-24)20(21,22)23/h5-6,9-10,16,26H,7H2,1-4H3/t16-/m0/s1. The highest BCUT2D eigenvalue weighted by Gasteiger charge is 2.40. The van der Waals surface area contributed by atoms with Gasteiger partial charge in [0.15, 0.2) is 5.65 Å². The second-order valence-corrected chi connectivity index (χ2v) is 6.76. The van der Waals surface area contributed by atoms with Crippen LogP contribution in [0.5, 0.6) is 5.75 Å². The van der Waals surface area contributed by atoms with E-state index in [1.807, 2.05) is 25.1 Å². The molecule has 0 fully saturated rings. The van der Waals surface area contributed by atoms with Gasteiger partial charge in [0.25, 0.3) is 0 Å². The van der Waals surface area contributed by atoms with Crippen molar-refractivity contribution in [3.8, 4) is 22.9 Å². The Balaban J connectivity index is 2.17. The van der Waals surface area contributed by atoms with E-state index >= 15 is 0 Å². The molecule has 9 heteroatoms. The van der Waals surface area contributed by atoms with Crippen LogP contribution in [0, 0.1) is 32.1 Å². The van der Waals surface area contributed by atoms with Gasteiger partial charge in [0.1, 0.15) is 17.6 Å². The molecule has 29 heavy (non-hydrogen) atoms. The number of benzene rings is 1. The van der Waals surface area contributed by atoms with Crippen LogP contribution < -0.4 is 10.1 Å². The van der Waals surface area contributed by atoms with Crippen LogP contribution >= 0.6 is 0 Å². The number of nitrogens with one attached hydrogen (secondary N) is 1. The molecule has 0 amide bonds. The van der Waals surface area contributed by atoms with Crippen molar-refractivity contribution in [3.05, 3.63) is 41.2 Å².